The molecule has 21 heavy (non-hydrogen) atoms. The van der Waals surface area contributed by atoms with E-state index in [0.29, 0.717) is 5.56 Å². The molecule has 0 aliphatic heterocycles. The molecule has 0 saturated heterocycles. The highest BCUT2D eigenvalue weighted by Gasteiger charge is 2.31. The highest BCUT2D eigenvalue weighted by Crippen LogP contribution is 2.28. The van der Waals surface area contributed by atoms with Crippen LogP contribution in [-0.4, -0.2) is 36.9 Å². The Bertz CT molecular complexity index is 633. The molecule has 0 bridgehead atoms. The lowest BCUT2D eigenvalue weighted by Gasteiger charge is -2.30. The molecule has 6 heteroatoms. The Balaban J connectivity index is 2.39. The molecule has 0 radical (unpaired) electrons. The van der Waals surface area contributed by atoms with E-state index in [-0.39, 0.29) is 16.5 Å². The Hall–Kier alpha value is -1.40. The van der Waals surface area contributed by atoms with Crippen molar-refractivity contribution in [2.75, 3.05) is 7.05 Å². The van der Waals surface area contributed by atoms with Crippen LogP contribution in [0.4, 0.5) is 0 Å². The zero-order valence-corrected chi connectivity index (χ0v) is 13.2. The number of carbonyl (C=O) groups is 1. The fourth-order valence-corrected chi connectivity index (χ4v) is 4.58. The van der Waals surface area contributed by atoms with Gasteiger partial charge in [-0.1, -0.05) is 25.3 Å². The monoisotopic (exact) mass is 311 g/mol. The molecule has 0 unspecified atom stereocenters. The van der Waals surface area contributed by atoms with Crippen molar-refractivity contribution in [2.24, 2.45) is 0 Å². The van der Waals surface area contributed by atoms with Crippen LogP contribution in [0.3, 0.4) is 0 Å². The Kier molecular flexibility index (Phi) is 4.68. The third-order valence-corrected chi connectivity index (χ3v) is 6.31. The summed E-state index contributed by atoms with van der Waals surface area (Å²) in [5.41, 5.74) is 0.334. The number of rotatable bonds is 4. The number of nitrogens with zero attached hydrogens (tertiary/aromatic N) is 1. The number of benzene rings is 1. The van der Waals surface area contributed by atoms with Crippen molar-refractivity contribution < 1.29 is 18.3 Å². The van der Waals surface area contributed by atoms with Crippen molar-refractivity contribution >= 4 is 16.0 Å². The van der Waals surface area contributed by atoms with E-state index >= 15 is 0 Å². The van der Waals surface area contributed by atoms with Crippen LogP contribution in [0.15, 0.2) is 23.1 Å². The van der Waals surface area contributed by atoms with E-state index in [1.54, 1.807) is 14.0 Å². The van der Waals surface area contributed by atoms with E-state index in [9.17, 15) is 13.2 Å². The molecule has 1 aliphatic carbocycles. The van der Waals surface area contributed by atoms with Crippen LogP contribution >= 0.6 is 0 Å². The molecule has 0 heterocycles. The summed E-state index contributed by atoms with van der Waals surface area (Å²) in [6.07, 6.45) is 4.97. The highest BCUT2D eigenvalue weighted by molar-refractivity contribution is 7.89. The van der Waals surface area contributed by atoms with Gasteiger partial charge in [0.2, 0.25) is 10.0 Å². The van der Waals surface area contributed by atoms with Crippen molar-refractivity contribution in [2.45, 2.75) is 50.0 Å². The summed E-state index contributed by atoms with van der Waals surface area (Å²) >= 11 is 0. The van der Waals surface area contributed by atoms with Gasteiger partial charge in [-0.25, -0.2) is 13.2 Å². The zero-order valence-electron chi connectivity index (χ0n) is 12.4. The lowest BCUT2D eigenvalue weighted by Crippen LogP contribution is -2.38. The minimum absolute atomic E-state index is 0.0108. The highest BCUT2D eigenvalue weighted by atomic mass is 32.2. The summed E-state index contributed by atoms with van der Waals surface area (Å²) in [5, 5.41) is 9.13. The van der Waals surface area contributed by atoms with Gasteiger partial charge >= 0.3 is 5.97 Å². The molecule has 1 aromatic carbocycles. The summed E-state index contributed by atoms with van der Waals surface area (Å²) in [6, 6.07) is 4.41. The van der Waals surface area contributed by atoms with Crippen LogP contribution in [0, 0.1) is 6.92 Å². The quantitative estimate of drug-likeness (QED) is 0.927. The first-order valence-electron chi connectivity index (χ1n) is 7.16. The van der Waals surface area contributed by atoms with Gasteiger partial charge < -0.3 is 5.11 Å². The first-order valence-corrected chi connectivity index (χ1v) is 8.60. The van der Waals surface area contributed by atoms with Gasteiger partial charge in [-0.05, 0) is 37.5 Å². The van der Waals surface area contributed by atoms with Gasteiger partial charge in [0.15, 0.2) is 0 Å². The topological polar surface area (TPSA) is 74.7 Å². The molecule has 1 aromatic rings. The maximum absolute atomic E-state index is 12.8. The molecule has 116 valence electrons. The Morgan fingerprint density at radius 1 is 1.24 bits per heavy atom. The van der Waals surface area contributed by atoms with Crippen molar-refractivity contribution in [3.63, 3.8) is 0 Å². The largest absolute Gasteiger partial charge is 0.478 e. The first kappa shape index (κ1) is 16.0. The molecule has 1 saturated carbocycles. The summed E-state index contributed by atoms with van der Waals surface area (Å²) in [4.78, 5) is 11.3. The van der Waals surface area contributed by atoms with Crippen molar-refractivity contribution in [3.05, 3.63) is 29.3 Å². The molecule has 2 rings (SSSR count). The molecular weight excluding hydrogens is 290 g/mol. The van der Waals surface area contributed by atoms with Crippen molar-refractivity contribution in [1.82, 2.24) is 4.31 Å². The maximum Gasteiger partial charge on any atom is 0.335 e. The summed E-state index contributed by atoms with van der Waals surface area (Å²) in [6.45, 7) is 1.55. The van der Waals surface area contributed by atoms with Gasteiger partial charge in [-0.15, -0.1) is 0 Å². The molecule has 0 atom stereocenters. The van der Waals surface area contributed by atoms with Gasteiger partial charge in [0.1, 0.15) is 0 Å². The Morgan fingerprint density at radius 2 is 1.86 bits per heavy atom. The fourth-order valence-electron chi connectivity index (χ4n) is 2.92. The summed E-state index contributed by atoms with van der Waals surface area (Å²) < 4.78 is 26.9. The van der Waals surface area contributed by atoms with Crippen LogP contribution in [-0.2, 0) is 10.0 Å². The van der Waals surface area contributed by atoms with Gasteiger partial charge in [0, 0.05) is 13.1 Å². The summed E-state index contributed by atoms with van der Waals surface area (Å²) in [7, 11) is -2.06. The molecule has 1 N–H and O–H groups in total. The van der Waals surface area contributed by atoms with E-state index in [0.717, 1.165) is 32.1 Å². The number of carboxylic acids is 1. The number of hydrogen-bond donors (Lipinski definition) is 1. The Labute approximate surface area is 125 Å². The van der Waals surface area contributed by atoms with Crippen LogP contribution in [0.5, 0.6) is 0 Å². The molecule has 0 aromatic heterocycles. The predicted molar refractivity (Wildman–Crippen MR) is 80.0 cm³/mol. The normalized spacial score (nSPS) is 17.1. The molecule has 5 nitrogen and oxygen atoms in total. The molecule has 0 amide bonds. The molecular formula is C15H21NO4S. The Morgan fingerprint density at radius 3 is 2.43 bits per heavy atom. The lowest BCUT2D eigenvalue weighted by atomic mass is 9.96. The second-order valence-corrected chi connectivity index (χ2v) is 7.51. The van der Waals surface area contributed by atoms with Crippen LogP contribution in [0.1, 0.15) is 48.0 Å². The standard InChI is InChI=1S/C15H21NO4S/c1-11-13(15(17)18)9-6-10-14(11)21(19,20)16(2)12-7-4-3-5-8-12/h6,9-10,12H,3-5,7-8H2,1-2H3,(H,17,18). The SMILES string of the molecule is Cc1c(C(=O)O)cccc1S(=O)(=O)N(C)C1CCCCC1. The van der Waals surface area contributed by atoms with Gasteiger partial charge in [-0.3, -0.25) is 0 Å². The van der Waals surface area contributed by atoms with E-state index < -0.39 is 16.0 Å². The molecule has 1 aliphatic rings. The third kappa shape index (κ3) is 3.11. The van der Waals surface area contributed by atoms with Gasteiger partial charge in [0.25, 0.3) is 0 Å². The fraction of sp³-hybridized carbons (Fsp3) is 0.533. The van der Waals surface area contributed by atoms with E-state index in [4.69, 9.17) is 5.11 Å². The van der Waals surface area contributed by atoms with E-state index in [1.165, 1.54) is 22.5 Å². The number of carboxylic acid groups (broad SMARTS) is 1. The maximum atomic E-state index is 12.8. The van der Waals surface area contributed by atoms with Gasteiger partial charge in [-0.2, -0.15) is 4.31 Å². The van der Waals surface area contributed by atoms with E-state index in [2.05, 4.69) is 0 Å². The summed E-state index contributed by atoms with van der Waals surface area (Å²) in [5.74, 6) is -1.11. The first-order chi connectivity index (χ1) is 9.85. The molecule has 0 spiro atoms. The second-order valence-electron chi connectivity index (χ2n) is 5.55. The van der Waals surface area contributed by atoms with Gasteiger partial charge in [0.05, 0.1) is 10.5 Å². The molecule has 1 fully saturated rings. The smallest absolute Gasteiger partial charge is 0.335 e. The number of aromatic carboxylic acids is 1. The van der Waals surface area contributed by atoms with E-state index in [1.807, 2.05) is 0 Å². The average Bonchev–Trinajstić information content (AvgIpc) is 2.47. The zero-order chi connectivity index (χ0) is 15.6. The van der Waals surface area contributed by atoms with Crippen molar-refractivity contribution in [1.29, 1.82) is 0 Å². The number of hydrogen-bond acceptors (Lipinski definition) is 3. The minimum atomic E-state index is -3.66. The third-order valence-electron chi connectivity index (χ3n) is 4.26. The second kappa shape index (κ2) is 6.15. The predicted octanol–water partition coefficient (Wildman–Crippen LogP) is 2.65. The minimum Gasteiger partial charge on any atom is -0.478 e. The average molecular weight is 311 g/mol. The van der Waals surface area contributed by atoms with Crippen LogP contribution in [0.2, 0.25) is 0 Å². The van der Waals surface area contributed by atoms with Crippen LogP contribution in [0.25, 0.3) is 0 Å². The van der Waals surface area contributed by atoms with Crippen LogP contribution < -0.4 is 0 Å². The number of sulfonamides is 1. The lowest BCUT2D eigenvalue weighted by molar-refractivity contribution is 0.0696. The van der Waals surface area contributed by atoms with Crippen molar-refractivity contribution in [3.8, 4) is 0 Å².